The minimum Gasteiger partial charge on any atom is -0.454 e. The highest BCUT2D eigenvalue weighted by molar-refractivity contribution is 6.04. The largest absolute Gasteiger partial charge is 0.454 e. The maximum Gasteiger partial charge on any atom is 0.231 e. The highest BCUT2D eigenvalue weighted by Gasteiger charge is 2.93. The van der Waals surface area contributed by atoms with Gasteiger partial charge in [-0.05, 0) is 47.1 Å². The van der Waals surface area contributed by atoms with Gasteiger partial charge in [0.15, 0.2) is 17.3 Å². The standard InChI is InChI=1S/C23H20N2O4/c1-12-22-9-18(26)25-15(21(27)23(12,22)10-22)7-13-3-2-6-24-19(13)20(25)14-4-5-16-17(8-14)29-11-28-16/h2-6,8,12,15,20H,7,9-11H2,1H3/t12?,15-,20-,22?,23?/m1/s1. The molecule has 2 aliphatic carbocycles. The molecule has 2 saturated carbocycles. The Morgan fingerprint density at radius 1 is 1.17 bits per heavy atom. The van der Waals surface area contributed by atoms with E-state index in [-0.39, 0.29) is 35.4 Å². The monoisotopic (exact) mass is 388 g/mol. The molecule has 5 atom stereocenters. The summed E-state index contributed by atoms with van der Waals surface area (Å²) in [4.78, 5) is 33.6. The topological polar surface area (TPSA) is 68.7 Å². The van der Waals surface area contributed by atoms with Crippen LogP contribution in [0.2, 0.25) is 0 Å². The highest BCUT2D eigenvalue weighted by atomic mass is 16.7. The van der Waals surface area contributed by atoms with Crippen LogP contribution in [0.5, 0.6) is 11.5 Å². The first-order valence-corrected chi connectivity index (χ1v) is 10.3. The maximum absolute atomic E-state index is 13.7. The van der Waals surface area contributed by atoms with Gasteiger partial charge >= 0.3 is 0 Å². The van der Waals surface area contributed by atoms with Gasteiger partial charge in [0, 0.05) is 24.5 Å². The Labute approximate surface area is 167 Å². The molecule has 4 heterocycles. The Balaban J connectivity index is 1.41. The van der Waals surface area contributed by atoms with Crippen molar-refractivity contribution in [2.75, 3.05) is 6.79 Å². The Kier molecular flexibility index (Phi) is 2.65. The van der Waals surface area contributed by atoms with Crippen molar-refractivity contribution in [1.82, 2.24) is 9.88 Å². The SMILES string of the molecule is CC1C23CC(=O)N4[C@H](c5ccc6c(c5)OCO6)c5ncccc5C[C@@H]4C(=O)C12C3. The first-order chi connectivity index (χ1) is 14.1. The van der Waals surface area contributed by atoms with Crippen LogP contribution in [0, 0.1) is 16.7 Å². The van der Waals surface area contributed by atoms with Crippen LogP contribution in [0.25, 0.3) is 0 Å². The molecule has 7 rings (SSSR count). The van der Waals surface area contributed by atoms with E-state index in [2.05, 4.69) is 11.9 Å². The molecular formula is C23H20N2O4. The van der Waals surface area contributed by atoms with E-state index < -0.39 is 6.04 Å². The lowest BCUT2D eigenvalue weighted by Crippen LogP contribution is -2.53. The first-order valence-electron chi connectivity index (χ1n) is 10.3. The number of carbonyl (C=O) groups is 2. The Hall–Kier alpha value is -2.89. The summed E-state index contributed by atoms with van der Waals surface area (Å²) in [6.45, 7) is 2.34. The fourth-order valence-electron chi connectivity index (χ4n) is 6.53. The fourth-order valence-corrected chi connectivity index (χ4v) is 6.53. The molecule has 1 aromatic carbocycles. The third kappa shape index (κ3) is 1.69. The van der Waals surface area contributed by atoms with Gasteiger partial charge in [0.2, 0.25) is 12.7 Å². The molecule has 6 heteroatoms. The number of nitrogens with zero attached hydrogens (tertiary/aromatic N) is 2. The van der Waals surface area contributed by atoms with E-state index in [1.165, 1.54) is 0 Å². The van der Waals surface area contributed by atoms with Gasteiger partial charge in [0.05, 0.1) is 11.7 Å². The maximum atomic E-state index is 13.7. The summed E-state index contributed by atoms with van der Waals surface area (Å²) in [5, 5.41) is 0. The van der Waals surface area contributed by atoms with Crippen molar-refractivity contribution >= 4 is 11.7 Å². The van der Waals surface area contributed by atoms with Crippen molar-refractivity contribution in [3.05, 3.63) is 53.3 Å². The summed E-state index contributed by atoms with van der Waals surface area (Å²) < 4.78 is 11.0. The van der Waals surface area contributed by atoms with Crippen molar-refractivity contribution in [2.45, 2.75) is 38.3 Å². The highest BCUT2D eigenvalue weighted by Crippen LogP contribution is 2.92. The van der Waals surface area contributed by atoms with E-state index in [1.54, 1.807) is 6.20 Å². The van der Waals surface area contributed by atoms with Crippen LogP contribution in [0.15, 0.2) is 36.5 Å². The third-order valence-corrected chi connectivity index (χ3v) is 8.26. The number of hydrogen-bond acceptors (Lipinski definition) is 5. The van der Waals surface area contributed by atoms with Crippen LogP contribution in [0.1, 0.15) is 42.6 Å². The molecule has 6 nitrogen and oxygen atoms in total. The van der Waals surface area contributed by atoms with Gasteiger partial charge in [-0.3, -0.25) is 14.6 Å². The number of benzene rings is 1. The summed E-state index contributed by atoms with van der Waals surface area (Å²) >= 11 is 0. The number of ketones is 1. The molecule has 3 aliphatic heterocycles. The van der Waals surface area contributed by atoms with Crippen molar-refractivity contribution in [3.8, 4) is 11.5 Å². The lowest BCUT2D eigenvalue weighted by atomic mass is 9.82. The Morgan fingerprint density at radius 2 is 2.03 bits per heavy atom. The number of carbonyl (C=O) groups excluding carboxylic acids is 2. The van der Waals surface area contributed by atoms with Gasteiger partial charge in [-0.1, -0.05) is 19.1 Å². The first kappa shape index (κ1) is 16.0. The second-order valence-corrected chi connectivity index (χ2v) is 9.15. The van der Waals surface area contributed by atoms with Gasteiger partial charge < -0.3 is 14.4 Å². The smallest absolute Gasteiger partial charge is 0.231 e. The van der Waals surface area contributed by atoms with Gasteiger partial charge in [0.25, 0.3) is 0 Å². The molecule has 29 heavy (non-hydrogen) atoms. The Bertz CT molecular complexity index is 1130. The normalized spacial score (nSPS) is 37.8. The van der Waals surface area contributed by atoms with Crippen molar-refractivity contribution in [1.29, 1.82) is 0 Å². The summed E-state index contributed by atoms with van der Waals surface area (Å²) in [5.41, 5.74) is 2.50. The summed E-state index contributed by atoms with van der Waals surface area (Å²) in [6.07, 6.45) is 3.68. The number of aromatic nitrogens is 1. The minimum absolute atomic E-state index is 0.0719. The lowest BCUT2D eigenvalue weighted by Gasteiger charge is -2.43. The van der Waals surface area contributed by atoms with Crippen LogP contribution in [-0.4, -0.2) is 34.4 Å². The van der Waals surface area contributed by atoms with Crippen molar-refractivity contribution in [2.24, 2.45) is 16.7 Å². The molecule has 3 fully saturated rings. The molecule has 3 unspecified atom stereocenters. The van der Waals surface area contributed by atoms with Crippen LogP contribution < -0.4 is 9.47 Å². The van der Waals surface area contributed by atoms with Crippen LogP contribution >= 0.6 is 0 Å². The number of pyridine rings is 1. The summed E-state index contributed by atoms with van der Waals surface area (Å²) in [6, 6.07) is 8.92. The number of ether oxygens (including phenoxy) is 2. The molecule has 0 spiro atoms. The van der Waals surface area contributed by atoms with Crippen LogP contribution in [0.4, 0.5) is 0 Å². The summed E-state index contributed by atoms with van der Waals surface area (Å²) in [7, 11) is 0. The molecule has 2 aromatic rings. The number of fused-ring (bicyclic) bond motifs is 3. The average Bonchev–Trinajstić information content (AvgIpc) is 3.44. The van der Waals surface area contributed by atoms with Crippen LogP contribution in [-0.2, 0) is 16.0 Å². The summed E-state index contributed by atoms with van der Waals surface area (Å²) in [5.74, 6) is 2.05. The fraction of sp³-hybridized carbons (Fsp3) is 0.435. The van der Waals surface area contributed by atoms with Gasteiger partial charge in [-0.25, -0.2) is 0 Å². The zero-order valence-corrected chi connectivity index (χ0v) is 16.1. The minimum atomic E-state index is -0.413. The van der Waals surface area contributed by atoms with E-state index in [1.807, 2.05) is 35.2 Å². The third-order valence-electron chi connectivity index (χ3n) is 8.26. The van der Waals surface area contributed by atoms with Gasteiger partial charge in [-0.2, -0.15) is 0 Å². The van der Waals surface area contributed by atoms with E-state index in [4.69, 9.17) is 9.47 Å². The number of hydrogen-bond donors (Lipinski definition) is 0. The molecule has 5 aliphatic rings. The number of Topliss-reactive ketones (excluding diaryl/α,β-unsaturated/α-hetero) is 1. The zero-order chi connectivity index (χ0) is 19.5. The predicted octanol–water partition coefficient (Wildman–Crippen LogP) is 2.65. The van der Waals surface area contributed by atoms with Crippen molar-refractivity contribution in [3.63, 3.8) is 0 Å². The number of amides is 1. The molecular weight excluding hydrogens is 368 g/mol. The lowest BCUT2D eigenvalue weighted by molar-refractivity contribution is -0.143. The van der Waals surface area contributed by atoms with Gasteiger partial charge in [0.1, 0.15) is 6.04 Å². The molecule has 146 valence electrons. The number of rotatable bonds is 1. The van der Waals surface area contributed by atoms with E-state index >= 15 is 0 Å². The predicted molar refractivity (Wildman–Crippen MR) is 101 cm³/mol. The second kappa shape index (κ2) is 4.81. The van der Waals surface area contributed by atoms with Gasteiger partial charge in [-0.15, -0.1) is 0 Å². The average molecular weight is 388 g/mol. The second-order valence-electron chi connectivity index (χ2n) is 9.15. The molecule has 0 N–H and O–H groups in total. The molecule has 1 amide bonds. The van der Waals surface area contributed by atoms with E-state index in [0.717, 1.165) is 23.2 Å². The zero-order valence-electron chi connectivity index (χ0n) is 16.1. The molecule has 0 radical (unpaired) electrons. The quantitative estimate of drug-likeness (QED) is 0.751. The Morgan fingerprint density at radius 3 is 2.90 bits per heavy atom. The molecule has 0 bridgehead atoms. The molecule has 1 saturated heterocycles. The van der Waals surface area contributed by atoms with E-state index in [0.29, 0.717) is 30.3 Å². The van der Waals surface area contributed by atoms with Crippen molar-refractivity contribution < 1.29 is 19.1 Å². The van der Waals surface area contributed by atoms with Crippen LogP contribution in [0.3, 0.4) is 0 Å². The molecule has 1 aromatic heterocycles. The van der Waals surface area contributed by atoms with E-state index in [9.17, 15) is 9.59 Å².